The molecule has 0 aromatic heterocycles. The summed E-state index contributed by atoms with van der Waals surface area (Å²) in [4.78, 5) is 0. The summed E-state index contributed by atoms with van der Waals surface area (Å²) in [6.45, 7) is 4.00. The lowest BCUT2D eigenvalue weighted by Gasteiger charge is -2.11. The van der Waals surface area contributed by atoms with Gasteiger partial charge in [-0.05, 0) is 17.7 Å². The van der Waals surface area contributed by atoms with E-state index in [9.17, 15) is 13.2 Å². The second-order valence-electron chi connectivity index (χ2n) is 2.75. The fraction of sp³-hybridized carbons (Fsp3) is 0.364. The van der Waals surface area contributed by atoms with Gasteiger partial charge in [-0.2, -0.15) is 18.4 Å². The molecule has 2 nitrogen and oxygen atoms in total. The molecule has 0 amide bonds. The number of halogens is 3. The minimum Gasteiger partial charge on any atom is -0.399 e. The maximum absolute atomic E-state index is 12.4. The molecule has 0 spiro atoms. The van der Waals surface area contributed by atoms with Crippen molar-refractivity contribution in [1.29, 1.82) is 5.26 Å². The van der Waals surface area contributed by atoms with E-state index in [0.29, 0.717) is 0 Å². The van der Waals surface area contributed by atoms with Crippen molar-refractivity contribution < 1.29 is 13.2 Å². The van der Waals surface area contributed by atoms with Gasteiger partial charge in [-0.25, -0.2) is 0 Å². The van der Waals surface area contributed by atoms with Crippen LogP contribution >= 0.6 is 0 Å². The number of nitrogens with zero attached hydrogens (tertiary/aromatic N) is 1. The van der Waals surface area contributed by atoms with Gasteiger partial charge in [-0.3, -0.25) is 0 Å². The Kier molecular flexibility index (Phi) is 5.37. The lowest BCUT2D eigenvalue weighted by Crippen LogP contribution is -2.09. The van der Waals surface area contributed by atoms with Crippen molar-refractivity contribution in [3.8, 4) is 6.07 Å². The van der Waals surface area contributed by atoms with Crippen LogP contribution in [0.4, 0.5) is 18.9 Å². The molecule has 0 aliphatic heterocycles. The third-order valence-corrected chi connectivity index (χ3v) is 1.71. The average Bonchev–Trinajstić information content (AvgIpc) is 2.22. The van der Waals surface area contributed by atoms with Crippen LogP contribution in [0.5, 0.6) is 0 Å². The minimum atomic E-state index is -4.46. The van der Waals surface area contributed by atoms with Gasteiger partial charge in [-0.15, -0.1) is 0 Å². The summed E-state index contributed by atoms with van der Waals surface area (Å²) in [7, 11) is 0. The third kappa shape index (κ3) is 3.81. The SMILES string of the molecule is CC.N#CCc1ccc(N)cc1C(F)(F)F. The number of nitriles is 1. The van der Waals surface area contributed by atoms with Crippen LogP contribution < -0.4 is 5.73 Å². The number of hydrogen-bond donors (Lipinski definition) is 1. The molecule has 5 heteroatoms. The molecule has 1 aromatic carbocycles. The molecule has 0 aliphatic carbocycles. The Morgan fingerprint density at radius 3 is 2.31 bits per heavy atom. The number of alkyl halides is 3. The predicted octanol–water partition coefficient (Wildman–Crippen LogP) is 3.38. The summed E-state index contributed by atoms with van der Waals surface area (Å²) in [5.41, 5.74) is 4.40. The molecular weight excluding hydrogens is 217 g/mol. The van der Waals surface area contributed by atoms with Crippen molar-refractivity contribution in [2.24, 2.45) is 0 Å². The lowest BCUT2D eigenvalue weighted by atomic mass is 10.0. The van der Waals surface area contributed by atoms with E-state index in [1.54, 1.807) is 6.07 Å². The van der Waals surface area contributed by atoms with Crippen LogP contribution in [-0.2, 0) is 12.6 Å². The first-order valence-corrected chi connectivity index (χ1v) is 4.77. The van der Waals surface area contributed by atoms with Crippen molar-refractivity contribution in [1.82, 2.24) is 0 Å². The third-order valence-electron chi connectivity index (χ3n) is 1.71. The Morgan fingerprint density at radius 1 is 1.31 bits per heavy atom. The van der Waals surface area contributed by atoms with Crippen LogP contribution in [0.25, 0.3) is 0 Å². The number of benzene rings is 1. The molecular formula is C11H13F3N2. The molecule has 0 bridgehead atoms. The van der Waals surface area contributed by atoms with E-state index in [-0.39, 0.29) is 17.7 Å². The van der Waals surface area contributed by atoms with Crippen molar-refractivity contribution >= 4 is 5.69 Å². The van der Waals surface area contributed by atoms with Gasteiger partial charge < -0.3 is 5.73 Å². The summed E-state index contributed by atoms with van der Waals surface area (Å²) in [6.07, 6.45) is -4.73. The first-order chi connectivity index (χ1) is 7.45. The first kappa shape index (κ1) is 14.3. The highest BCUT2D eigenvalue weighted by molar-refractivity contribution is 5.46. The molecule has 1 aromatic rings. The minimum absolute atomic E-state index is 0.0408. The standard InChI is InChI=1S/C9H7F3N2.C2H6/c10-9(11,12)8-5-7(14)2-1-6(8)3-4-13;1-2/h1-2,5H,3,14H2;1-2H3. The number of nitrogen functional groups attached to an aromatic ring is 1. The van der Waals surface area contributed by atoms with Crippen molar-refractivity contribution in [3.63, 3.8) is 0 Å². The van der Waals surface area contributed by atoms with Gasteiger partial charge in [0.2, 0.25) is 0 Å². The predicted molar refractivity (Wildman–Crippen MR) is 56.5 cm³/mol. The highest BCUT2D eigenvalue weighted by Crippen LogP contribution is 2.33. The molecule has 0 aliphatic rings. The van der Waals surface area contributed by atoms with Crippen LogP contribution in [-0.4, -0.2) is 0 Å². The van der Waals surface area contributed by atoms with Crippen molar-refractivity contribution in [2.75, 3.05) is 5.73 Å². The zero-order valence-corrected chi connectivity index (χ0v) is 9.10. The topological polar surface area (TPSA) is 49.8 Å². The summed E-state index contributed by atoms with van der Waals surface area (Å²) in [5, 5.41) is 8.33. The molecule has 0 radical (unpaired) electrons. The van der Waals surface area contributed by atoms with E-state index < -0.39 is 11.7 Å². The van der Waals surface area contributed by atoms with E-state index >= 15 is 0 Å². The normalized spacial score (nSPS) is 10.0. The maximum atomic E-state index is 12.4. The zero-order valence-electron chi connectivity index (χ0n) is 9.10. The molecule has 88 valence electrons. The summed E-state index contributed by atoms with van der Waals surface area (Å²) >= 11 is 0. The van der Waals surface area contributed by atoms with Crippen molar-refractivity contribution in [3.05, 3.63) is 29.3 Å². The first-order valence-electron chi connectivity index (χ1n) is 4.77. The Bertz CT molecular complexity index is 378. The molecule has 16 heavy (non-hydrogen) atoms. The number of rotatable bonds is 1. The van der Waals surface area contributed by atoms with E-state index in [4.69, 9.17) is 11.0 Å². The summed E-state index contributed by atoms with van der Waals surface area (Å²) in [5.74, 6) is 0. The van der Waals surface area contributed by atoms with Gasteiger partial charge in [0.25, 0.3) is 0 Å². The Balaban J connectivity index is 0.00000106. The fourth-order valence-electron chi connectivity index (χ4n) is 1.10. The lowest BCUT2D eigenvalue weighted by molar-refractivity contribution is -0.138. The maximum Gasteiger partial charge on any atom is 0.416 e. The Labute approximate surface area is 92.5 Å². The monoisotopic (exact) mass is 230 g/mol. The smallest absolute Gasteiger partial charge is 0.399 e. The van der Waals surface area contributed by atoms with Crippen LogP contribution in [0.2, 0.25) is 0 Å². The van der Waals surface area contributed by atoms with Crippen LogP contribution in [0.15, 0.2) is 18.2 Å². The van der Waals surface area contributed by atoms with Gasteiger partial charge in [0.15, 0.2) is 0 Å². The summed E-state index contributed by atoms with van der Waals surface area (Å²) in [6, 6.07) is 5.09. The van der Waals surface area contributed by atoms with Gasteiger partial charge >= 0.3 is 6.18 Å². The van der Waals surface area contributed by atoms with Crippen molar-refractivity contribution in [2.45, 2.75) is 26.4 Å². The second kappa shape index (κ2) is 6.01. The van der Waals surface area contributed by atoms with Crippen LogP contribution in [0.1, 0.15) is 25.0 Å². The number of hydrogen-bond acceptors (Lipinski definition) is 2. The van der Waals surface area contributed by atoms with Crippen LogP contribution in [0.3, 0.4) is 0 Å². The number of anilines is 1. The Morgan fingerprint density at radius 2 is 1.88 bits per heavy atom. The molecule has 0 saturated carbocycles. The average molecular weight is 230 g/mol. The fourth-order valence-corrected chi connectivity index (χ4v) is 1.10. The highest BCUT2D eigenvalue weighted by Gasteiger charge is 2.33. The molecule has 1 rings (SSSR count). The van der Waals surface area contributed by atoms with Gasteiger partial charge in [0.1, 0.15) is 0 Å². The van der Waals surface area contributed by atoms with E-state index in [0.717, 1.165) is 6.07 Å². The highest BCUT2D eigenvalue weighted by atomic mass is 19.4. The zero-order chi connectivity index (χ0) is 12.8. The van der Waals surface area contributed by atoms with E-state index in [1.165, 1.54) is 12.1 Å². The molecule has 2 N–H and O–H groups in total. The second-order valence-corrected chi connectivity index (χ2v) is 2.75. The van der Waals surface area contributed by atoms with Gasteiger partial charge in [0.05, 0.1) is 18.1 Å². The Hall–Kier alpha value is -1.70. The van der Waals surface area contributed by atoms with E-state index in [2.05, 4.69) is 0 Å². The number of nitrogens with two attached hydrogens (primary N) is 1. The van der Waals surface area contributed by atoms with Crippen LogP contribution in [0, 0.1) is 11.3 Å². The van der Waals surface area contributed by atoms with Gasteiger partial charge in [0, 0.05) is 5.69 Å². The summed E-state index contributed by atoms with van der Waals surface area (Å²) < 4.78 is 37.2. The van der Waals surface area contributed by atoms with E-state index in [1.807, 2.05) is 13.8 Å². The van der Waals surface area contributed by atoms with Gasteiger partial charge in [-0.1, -0.05) is 19.9 Å². The molecule has 0 saturated heterocycles. The molecule has 0 unspecified atom stereocenters. The molecule has 0 heterocycles. The molecule has 0 atom stereocenters. The quantitative estimate of drug-likeness (QED) is 0.752. The molecule has 0 fully saturated rings. The largest absolute Gasteiger partial charge is 0.416 e.